The molecule has 0 heterocycles. The molecule has 0 N–H and O–H groups in total. The van der Waals surface area contributed by atoms with Gasteiger partial charge in [-0.3, -0.25) is 4.79 Å². The first-order valence-corrected chi connectivity index (χ1v) is 3.40. The fourth-order valence-corrected chi connectivity index (χ4v) is 0.707. The predicted molar refractivity (Wildman–Crippen MR) is 39.3 cm³/mol. The molecule has 0 rings (SSSR count). The summed E-state index contributed by atoms with van der Waals surface area (Å²) in [7, 11) is 0. The van der Waals surface area contributed by atoms with E-state index in [1.807, 2.05) is 6.92 Å². The molecular formula is C6H7Cl2O. The summed E-state index contributed by atoms with van der Waals surface area (Å²) in [6.45, 7) is 1.96. The van der Waals surface area contributed by atoms with Gasteiger partial charge in [0.05, 0.1) is 0 Å². The Morgan fingerprint density at radius 2 is 2.11 bits per heavy atom. The monoisotopic (exact) mass is 165 g/mol. The van der Waals surface area contributed by atoms with Gasteiger partial charge in [0.25, 0.3) is 0 Å². The second-order valence-electron chi connectivity index (χ2n) is 1.57. The van der Waals surface area contributed by atoms with Crippen molar-refractivity contribution in [1.29, 1.82) is 0 Å². The second-order valence-corrected chi connectivity index (χ2v) is 2.41. The zero-order chi connectivity index (χ0) is 7.28. The number of rotatable bonds is 3. The largest absolute Gasteiger partial charge is 0.284 e. The first-order valence-electron chi connectivity index (χ1n) is 2.64. The van der Waals surface area contributed by atoms with Crippen LogP contribution >= 0.6 is 23.2 Å². The van der Waals surface area contributed by atoms with E-state index >= 15 is 0 Å². The zero-order valence-electron chi connectivity index (χ0n) is 5.08. The second kappa shape index (κ2) is 4.83. The van der Waals surface area contributed by atoms with Gasteiger partial charge in [-0.05, 0) is 6.42 Å². The zero-order valence-corrected chi connectivity index (χ0v) is 6.59. The topological polar surface area (TPSA) is 17.1 Å². The molecule has 0 fully saturated rings. The van der Waals surface area contributed by atoms with Crippen LogP contribution in [0.3, 0.4) is 0 Å². The molecule has 3 heteroatoms. The van der Waals surface area contributed by atoms with Crippen molar-refractivity contribution >= 4 is 29.5 Å². The van der Waals surface area contributed by atoms with Crippen molar-refractivity contribution in [1.82, 2.24) is 0 Å². The highest BCUT2D eigenvalue weighted by atomic mass is 35.5. The Balaban J connectivity index is 3.93. The fourth-order valence-electron chi connectivity index (χ4n) is 0.385. The number of hydrogen-bond donors (Lipinski definition) is 0. The lowest BCUT2D eigenvalue weighted by Crippen LogP contribution is -1.78. The molecule has 0 amide bonds. The van der Waals surface area contributed by atoms with Gasteiger partial charge in [-0.2, -0.15) is 0 Å². The Bertz CT molecular complexity index is 129. The van der Waals surface area contributed by atoms with E-state index in [1.165, 1.54) is 6.29 Å². The average molecular weight is 166 g/mol. The molecule has 0 saturated heterocycles. The molecule has 0 unspecified atom stereocenters. The van der Waals surface area contributed by atoms with Crippen LogP contribution in [0.15, 0.2) is 10.1 Å². The Kier molecular flexibility index (Phi) is 4.83. The van der Waals surface area contributed by atoms with Gasteiger partial charge in [-0.25, -0.2) is 0 Å². The maximum atomic E-state index is 9.82. The molecule has 1 radical (unpaired) electrons. The molecule has 0 spiro atoms. The minimum Gasteiger partial charge on any atom is -0.284 e. The van der Waals surface area contributed by atoms with Crippen LogP contribution < -0.4 is 0 Å². The lowest BCUT2D eigenvalue weighted by atomic mass is 10.3. The van der Waals surface area contributed by atoms with Gasteiger partial charge >= 0.3 is 0 Å². The molecule has 0 atom stereocenters. The number of carbonyl (C=O) groups excluding carboxylic acids is 1. The van der Waals surface area contributed by atoms with Gasteiger partial charge in [0.2, 0.25) is 6.29 Å². The number of hydrogen-bond acceptors (Lipinski definition) is 1. The van der Waals surface area contributed by atoms with Gasteiger partial charge in [-0.1, -0.05) is 36.5 Å². The molecule has 0 saturated carbocycles. The number of halogens is 2. The van der Waals surface area contributed by atoms with E-state index in [2.05, 4.69) is 0 Å². The van der Waals surface area contributed by atoms with E-state index < -0.39 is 0 Å². The summed E-state index contributed by atoms with van der Waals surface area (Å²) < 4.78 is 0. The molecular weight excluding hydrogens is 159 g/mol. The summed E-state index contributed by atoms with van der Waals surface area (Å²) in [5, 5.41) is 0.396. The molecule has 0 aliphatic heterocycles. The Labute approximate surface area is 64.6 Å². The summed E-state index contributed by atoms with van der Waals surface area (Å²) >= 11 is 10.8. The summed E-state index contributed by atoms with van der Waals surface area (Å²) in [5.41, 5.74) is 0. The van der Waals surface area contributed by atoms with Gasteiger partial charge < -0.3 is 0 Å². The molecule has 1 nitrogen and oxygen atoms in total. The summed E-state index contributed by atoms with van der Waals surface area (Å²) in [5.74, 6) is 0. The van der Waals surface area contributed by atoms with Gasteiger partial charge in [0, 0.05) is 5.03 Å². The van der Waals surface area contributed by atoms with Crippen molar-refractivity contribution in [2.45, 2.75) is 19.8 Å². The molecule has 0 aromatic rings. The molecule has 0 aromatic carbocycles. The molecule has 0 aliphatic carbocycles. The van der Waals surface area contributed by atoms with Gasteiger partial charge in [-0.15, -0.1) is 0 Å². The minimum absolute atomic E-state index is 0.00137. The number of allylic oxidation sites excluding steroid dienone is 2. The third kappa shape index (κ3) is 3.55. The highest BCUT2D eigenvalue weighted by molar-refractivity contribution is 6.45. The van der Waals surface area contributed by atoms with Crippen LogP contribution in [0.1, 0.15) is 19.8 Å². The van der Waals surface area contributed by atoms with Gasteiger partial charge in [0.1, 0.15) is 5.03 Å². The summed E-state index contributed by atoms with van der Waals surface area (Å²) in [4.78, 5) is 9.82. The first kappa shape index (κ1) is 8.99. The third-order valence-electron chi connectivity index (χ3n) is 0.797. The highest BCUT2D eigenvalue weighted by Gasteiger charge is 1.98. The van der Waals surface area contributed by atoms with Crippen molar-refractivity contribution in [2.75, 3.05) is 0 Å². The Hall–Kier alpha value is -0.0100. The molecule has 9 heavy (non-hydrogen) atoms. The maximum absolute atomic E-state index is 9.82. The third-order valence-corrected chi connectivity index (χ3v) is 1.58. The maximum Gasteiger partial charge on any atom is 0.247 e. The standard InChI is InChI=1S/C6H7Cl2O/c1-2-3-5(7)6(8)4-9/h2-3H2,1H3. The van der Waals surface area contributed by atoms with Crippen molar-refractivity contribution < 1.29 is 4.79 Å². The van der Waals surface area contributed by atoms with E-state index in [4.69, 9.17) is 23.2 Å². The predicted octanol–water partition coefficient (Wildman–Crippen LogP) is 2.59. The van der Waals surface area contributed by atoms with Crippen LogP contribution in [0.2, 0.25) is 0 Å². The normalized spacial score (nSPS) is 12.8. The molecule has 0 aliphatic rings. The van der Waals surface area contributed by atoms with E-state index in [9.17, 15) is 4.79 Å². The van der Waals surface area contributed by atoms with Crippen LogP contribution in [0.4, 0.5) is 0 Å². The quantitative estimate of drug-likeness (QED) is 0.589. The van der Waals surface area contributed by atoms with Crippen molar-refractivity contribution in [2.24, 2.45) is 0 Å². The van der Waals surface area contributed by atoms with E-state index in [0.29, 0.717) is 11.5 Å². The SMILES string of the molecule is CCCC(Cl)=C(Cl)[C]=O. The van der Waals surface area contributed by atoms with Crippen LogP contribution in [0, 0.1) is 0 Å². The smallest absolute Gasteiger partial charge is 0.247 e. The molecule has 0 aromatic heterocycles. The van der Waals surface area contributed by atoms with Crippen LogP contribution in [-0.2, 0) is 4.79 Å². The minimum atomic E-state index is -0.00137. The van der Waals surface area contributed by atoms with Crippen molar-refractivity contribution in [3.8, 4) is 0 Å². The van der Waals surface area contributed by atoms with Crippen LogP contribution in [0.5, 0.6) is 0 Å². The van der Waals surface area contributed by atoms with Gasteiger partial charge in [0.15, 0.2) is 0 Å². The van der Waals surface area contributed by atoms with Crippen LogP contribution in [0.25, 0.3) is 0 Å². The lowest BCUT2D eigenvalue weighted by Gasteiger charge is -1.91. The van der Waals surface area contributed by atoms with Crippen molar-refractivity contribution in [3.63, 3.8) is 0 Å². The Morgan fingerprint density at radius 1 is 1.56 bits per heavy atom. The van der Waals surface area contributed by atoms with E-state index in [0.717, 1.165) is 6.42 Å². The Morgan fingerprint density at radius 3 is 2.44 bits per heavy atom. The summed E-state index contributed by atoms with van der Waals surface area (Å²) in [6.07, 6.45) is 3.05. The molecule has 0 bridgehead atoms. The fraction of sp³-hybridized carbons (Fsp3) is 0.500. The van der Waals surface area contributed by atoms with E-state index in [-0.39, 0.29) is 5.03 Å². The van der Waals surface area contributed by atoms with Crippen molar-refractivity contribution in [3.05, 3.63) is 10.1 Å². The summed E-state index contributed by atoms with van der Waals surface area (Å²) in [6, 6.07) is 0. The highest BCUT2D eigenvalue weighted by Crippen LogP contribution is 2.16. The van der Waals surface area contributed by atoms with Crippen LogP contribution in [-0.4, -0.2) is 6.29 Å². The lowest BCUT2D eigenvalue weighted by molar-refractivity contribution is 0.563. The molecule has 51 valence electrons. The van der Waals surface area contributed by atoms with E-state index in [1.54, 1.807) is 0 Å². The average Bonchev–Trinajstić information content (AvgIpc) is 1.87. The first-order chi connectivity index (χ1) is 4.22.